The van der Waals surface area contributed by atoms with Crippen molar-refractivity contribution in [1.82, 2.24) is 0 Å². The summed E-state index contributed by atoms with van der Waals surface area (Å²) < 4.78 is 84.8. The van der Waals surface area contributed by atoms with Gasteiger partial charge in [-0.1, -0.05) is 0 Å². The van der Waals surface area contributed by atoms with E-state index in [-0.39, 0.29) is 27.5 Å². The Morgan fingerprint density at radius 3 is 1.05 bits per heavy atom. The predicted octanol–water partition coefficient (Wildman–Crippen LogP) is 3.77. The van der Waals surface area contributed by atoms with Gasteiger partial charge in [0.1, 0.15) is 0 Å². The van der Waals surface area contributed by atoms with Crippen LogP contribution in [0.1, 0.15) is 20.8 Å². The van der Waals surface area contributed by atoms with Crippen molar-refractivity contribution < 1.29 is 48.1 Å². The minimum absolute atomic E-state index is 0.00766. The average Bonchev–Trinajstić information content (AvgIpc) is 2.83. The number of carbonyl (C=O) groups excluding carboxylic acids is 3. The van der Waals surface area contributed by atoms with Gasteiger partial charge in [-0.05, 0) is 72.8 Å². The largest absolute Gasteiger partial charge is 0.332 e. The maximum atomic E-state index is 12.4. The quantitative estimate of drug-likeness (QED) is 0.221. The number of carbonyl (C=O) groups is 3. The van der Waals surface area contributed by atoms with Gasteiger partial charge in [0.15, 0.2) is 0 Å². The molecule has 0 saturated heterocycles. The number of anilines is 3. The third-order valence-corrected chi connectivity index (χ3v) is 7.46. The van der Waals surface area contributed by atoms with E-state index in [0.29, 0.717) is 17.1 Å². The molecular formula is C24H25ClFN3O10S3. The summed E-state index contributed by atoms with van der Waals surface area (Å²) >= 11 is 0. The van der Waals surface area contributed by atoms with E-state index in [1.807, 2.05) is 0 Å². The Balaban J connectivity index is 0.000000315. The molecule has 0 radical (unpaired) electrons. The maximum Gasteiger partial charge on any atom is 0.332 e. The van der Waals surface area contributed by atoms with Crippen molar-refractivity contribution in [3.63, 3.8) is 0 Å². The van der Waals surface area contributed by atoms with Crippen LogP contribution < -0.4 is 16.0 Å². The second kappa shape index (κ2) is 15.4. The Hall–Kier alpha value is -3.90. The topological polar surface area (TPSA) is 210 Å². The molecule has 0 aromatic heterocycles. The number of rotatable bonds is 6. The normalized spacial score (nSPS) is 11.0. The summed E-state index contributed by atoms with van der Waals surface area (Å²) in [5.74, 6) is -0.739. The van der Waals surface area contributed by atoms with Gasteiger partial charge in [-0.3, -0.25) is 18.9 Å². The van der Waals surface area contributed by atoms with Crippen molar-refractivity contribution in [2.75, 3.05) is 16.0 Å². The van der Waals surface area contributed by atoms with Crippen molar-refractivity contribution in [3.8, 4) is 0 Å². The zero-order chi connectivity index (χ0) is 32.3. The molecular weight excluding hydrogens is 641 g/mol. The van der Waals surface area contributed by atoms with E-state index in [1.54, 1.807) is 0 Å². The standard InChI is InChI=1S/C8H8ClNO3S.C8H8FNO3S.C8H9NO4S/c2*1-6(11)10-7-2-4-8(5-3-7)14(9,12)13;1-6(10)9-7-2-4-8(5-3-7)14(11,12)13/h2*2-5H,1H3,(H,10,11);2-5H,1H3,(H,9,10)(H,11,12,13). The van der Waals surface area contributed by atoms with E-state index in [4.69, 9.17) is 15.2 Å². The molecule has 0 aliphatic heterocycles. The van der Waals surface area contributed by atoms with Crippen LogP contribution in [0.4, 0.5) is 20.9 Å². The fourth-order valence-corrected chi connectivity index (χ4v) is 4.43. The number of hydrogen-bond acceptors (Lipinski definition) is 9. The van der Waals surface area contributed by atoms with Gasteiger partial charge >= 0.3 is 10.2 Å². The van der Waals surface area contributed by atoms with Gasteiger partial charge in [-0.15, -0.1) is 3.89 Å². The first kappa shape index (κ1) is 36.1. The molecule has 0 heterocycles. The summed E-state index contributed by atoms with van der Waals surface area (Å²) in [5.41, 5.74) is 1.43. The zero-order valence-corrected chi connectivity index (χ0v) is 25.2. The monoisotopic (exact) mass is 665 g/mol. The fourth-order valence-electron chi connectivity index (χ4n) is 2.72. The minimum atomic E-state index is -4.66. The second-order valence-electron chi connectivity index (χ2n) is 7.97. The van der Waals surface area contributed by atoms with Gasteiger partial charge < -0.3 is 16.0 Å². The number of benzene rings is 3. The van der Waals surface area contributed by atoms with E-state index in [0.717, 1.165) is 12.1 Å². The van der Waals surface area contributed by atoms with Crippen LogP contribution in [0.25, 0.3) is 0 Å². The first-order chi connectivity index (χ1) is 19.2. The molecule has 0 spiro atoms. The van der Waals surface area contributed by atoms with Crippen LogP contribution in [0, 0.1) is 0 Å². The minimum Gasteiger partial charge on any atom is -0.326 e. The molecule has 42 heavy (non-hydrogen) atoms. The lowest BCUT2D eigenvalue weighted by Gasteiger charge is -2.01. The summed E-state index contributed by atoms with van der Waals surface area (Å²) in [6.45, 7) is 4.03. The van der Waals surface area contributed by atoms with Gasteiger partial charge in [0, 0.05) is 48.5 Å². The molecule has 18 heteroatoms. The molecule has 3 amide bonds. The maximum absolute atomic E-state index is 12.4. The van der Waals surface area contributed by atoms with Crippen molar-refractivity contribution in [1.29, 1.82) is 0 Å². The number of hydrogen-bond donors (Lipinski definition) is 4. The lowest BCUT2D eigenvalue weighted by Crippen LogP contribution is -2.06. The predicted molar refractivity (Wildman–Crippen MR) is 153 cm³/mol. The average molecular weight is 666 g/mol. The van der Waals surface area contributed by atoms with Crippen LogP contribution in [0.3, 0.4) is 0 Å². The van der Waals surface area contributed by atoms with Crippen LogP contribution in [-0.2, 0) is 43.8 Å². The highest BCUT2D eigenvalue weighted by atomic mass is 35.7. The molecule has 3 aromatic rings. The molecule has 0 aliphatic rings. The van der Waals surface area contributed by atoms with Crippen LogP contribution in [0.2, 0.25) is 0 Å². The third-order valence-electron chi connectivity index (χ3n) is 4.38. The lowest BCUT2D eigenvalue weighted by atomic mass is 10.3. The summed E-state index contributed by atoms with van der Waals surface area (Å²) in [6, 6.07) is 15.6. The zero-order valence-electron chi connectivity index (χ0n) is 22.0. The molecule has 0 atom stereocenters. The molecule has 0 bridgehead atoms. The van der Waals surface area contributed by atoms with Crippen molar-refractivity contribution in [2.45, 2.75) is 35.5 Å². The van der Waals surface area contributed by atoms with Crippen LogP contribution in [0.5, 0.6) is 0 Å². The molecule has 0 saturated carbocycles. The smallest absolute Gasteiger partial charge is 0.326 e. The molecule has 0 unspecified atom stereocenters. The van der Waals surface area contributed by atoms with Gasteiger partial charge in [-0.25, -0.2) is 8.42 Å². The summed E-state index contributed by atoms with van der Waals surface area (Å²) in [7, 11) is -7.41. The molecule has 4 N–H and O–H groups in total. The second-order valence-corrected chi connectivity index (χ2v) is 13.3. The third kappa shape index (κ3) is 14.1. The van der Waals surface area contributed by atoms with Crippen LogP contribution in [0.15, 0.2) is 87.5 Å². The Morgan fingerprint density at radius 2 is 0.833 bits per heavy atom. The van der Waals surface area contributed by atoms with E-state index in [1.165, 1.54) is 81.4 Å². The van der Waals surface area contributed by atoms with Crippen molar-refractivity contribution in [2.24, 2.45) is 0 Å². The first-order valence-corrected chi connectivity index (χ1v) is 16.3. The molecule has 3 rings (SSSR count). The van der Waals surface area contributed by atoms with Gasteiger partial charge in [0.25, 0.3) is 19.2 Å². The van der Waals surface area contributed by atoms with Crippen molar-refractivity contribution >= 4 is 74.9 Å². The Morgan fingerprint density at radius 1 is 0.571 bits per heavy atom. The first-order valence-electron chi connectivity index (χ1n) is 11.2. The fraction of sp³-hybridized carbons (Fsp3) is 0.125. The Kier molecular flexibility index (Phi) is 13.2. The van der Waals surface area contributed by atoms with Gasteiger partial charge in [0.2, 0.25) is 17.7 Å². The Bertz CT molecular complexity index is 1520. The van der Waals surface area contributed by atoms with E-state index < -0.39 is 34.3 Å². The van der Waals surface area contributed by atoms with E-state index >= 15 is 0 Å². The van der Waals surface area contributed by atoms with E-state index in [9.17, 15) is 43.5 Å². The Labute approximate surface area is 246 Å². The lowest BCUT2D eigenvalue weighted by molar-refractivity contribution is -0.115. The summed E-state index contributed by atoms with van der Waals surface area (Å²) in [4.78, 5) is 31.2. The highest BCUT2D eigenvalue weighted by molar-refractivity contribution is 8.13. The van der Waals surface area contributed by atoms with Crippen molar-refractivity contribution in [3.05, 3.63) is 72.8 Å². The van der Waals surface area contributed by atoms with Gasteiger partial charge in [0.05, 0.1) is 14.7 Å². The molecule has 0 fully saturated rings. The number of amides is 3. The molecule has 228 valence electrons. The molecule has 3 aromatic carbocycles. The SMILES string of the molecule is CC(=O)Nc1ccc(S(=O)(=O)Cl)cc1.CC(=O)Nc1ccc(S(=O)(=O)F)cc1.CC(=O)Nc1ccc(S(=O)(=O)O)cc1. The van der Waals surface area contributed by atoms with Crippen LogP contribution in [-0.4, -0.2) is 47.5 Å². The van der Waals surface area contributed by atoms with Crippen LogP contribution >= 0.6 is 10.7 Å². The molecule has 13 nitrogen and oxygen atoms in total. The van der Waals surface area contributed by atoms with E-state index in [2.05, 4.69) is 16.0 Å². The summed E-state index contributed by atoms with van der Waals surface area (Å²) in [5, 5.41) is 7.40. The molecule has 0 aliphatic carbocycles. The van der Waals surface area contributed by atoms with Gasteiger partial charge in [-0.2, -0.15) is 16.8 Å². The summed E-state index contributed by atoms with van der Waals surface area (Å²) in [6.07, 6.45) is 0. The number of halogens is 2. The highest BCUT2D eigenvalue weighted by Gasteiger charge is 2.11. The number of nitrogens with one attached hydrogen (secondary N) is 3. The highest BCUT2D eigenvalue weighted by Crippen LogP contribution is 2.18.